The van der Waals surface area contributed by atoms with E-state index < -0.39 is 6.10 Å². The number of ether oxygens (including phenoxy) is 1. The molecule has 0 radical (unpaired) electrons. The predicted octanol–water partition coefficient (Wildman–Crippen LogP) is 8.06. The maximum Gasteiger partial charge on any atom is 0.234 e. The molecule has 5 aromatic rings. The van der Waals surface area contributed by atoms with Crippen molar-refractivity contribution in [3.8, 4) is 16.3 Å². The lowest BCUT2D eigenvalue weighted by molar-refractivity contribution is -0.113. The molecule has 0 aliphatic heterocycles. The molecule has 5 rings (SSSR count). The maximum atomic E-state index is 12.7. The normalized spacial score (nSPS) is 12.0. The van der Waals surface area contributed by atoms with Crippen LogP contribution in [0.2, 0.25) is 10.0 Å². The Kier molecular flexibility index (Phi) is 8.42. The molecule has 0 saturated carbocycles. The Morgan fingerprint density at radius 1 is 1.10 bits per heavy atom. The highest BCUT2D eigenvalue weighted by molar-refractivity contribution is 7.99. The number of amides is 1. The number of nitrogens with one attached hydrogen (secondary N) is 1. The molecule has 0 spiro atoms. The summed E-state index contributed by atoms with van der Waals surface area (Å²) in [6, 6.07) is 19.1. The first-order chi connectivity index (χ1) is 18.8. The number of thioether (sulfide) groups is 1. The second kappa shape index (κ2) is 12.0. The first-order valence-electron chi connectivity index (χ1n) is 12.3. The molecule has 1 atom stereocenters. The number of halogens is 2. The Morgan fingerprint density at radius 3 is 2.64 bits per heavy atom. The number of hydrogen-bond acceptors (Lipinski definition) is 7. The number of benzene rings is 3. The Labute approximate surface area is 244 Å². The molecular formula is C28H25Cl2N5O2S2. The van der Waals surface area contributed by atoms with Gasteiger partial charge in [-0.3, -0.25) is 4.79 Å². The molecule has 0 fully saturated rings. The van der Waals surface area contributed by atoms with Gasteiger partial charge < -0.3 is 14.6 Å². The molecule has 200 valence electrons. The molecule has 2 aromatic heterocycles. The van der Waals surface area contributed by atoms with Crippen molar-refractivity contribution < 1.29 is 9.53 Å². The van der Waals surface area contributed by atoms with Gasteiger partial charge in [0.2, 0.25) is 5.91 Å². The summed E-state index contributed by atoms with van der Waals surface area (Å²) in [6.07, 6.45) is -0.405. The van der Waals surface area contributed by atoms with Crippen molar-refractivity contribution in [2.45, 2.75) is 38.6 Å². The Hall–Kier alpha value is -3.11. The summed E-state index contributed by atoms with van der Waals surface area (Å²) in [6.45, 7) is 6.57. The summed E-state index contributed by atoms with van der Waals surface area (Å²) >= 11 is 15.2. The Balaban J connectivity index is 1.19. The third-order valence-corrected chi connectivity index (χ3v) is 8.48. The second-order valence-electron chi connectivity index (χ2n) is 8.82. The molecule has 1 amide bonds. The fourth-order valence-electron chi connectivity index (χ4n) is 4.00. The number of aromatic nitrogens is 4. The molecule has 1 unspecified atom stereocenters. The number of aryl methyl sites for hydroxylation is 1. The van der Waals surface area contributed by atoms with Crippen LogP contribution in [-0.2, 0) is 11.3 Å². The maximum absolute atomic E-state index is 12.7. The summed E-state index contributed by atoms with van der Waals surface area (Å²) in [5.41, 5.74) is 3.95. The van der Waals surface area contributed by atoms with Crippen LogP contribution in [0.5, 0.6) is 5.75 Å². The fraction of sp³-hybridized carbons (Fsp3) is 0.214. The molecular weight excluding hydrogens is 573 g/mol. The van der Waals surface area contributed by atoms with Crippen molar-refractivity contribution in [2.24, 2.45) is 0 Å². The monoisotopic (exact) mass is 597 g/mol. The van der Waals surface area contributed by atoms with Crippen LogP contribution in [-0.4, -0.2) is 31.4 Å². The van der Waals surface area contributed by atoms with Gasteiger partial charge in [-0.1, -0.05) is 41.0 Å². The minimum Gasteiger partial charge on any atom is -0.481 e. The number of carbonyl (C=O) groups is 1. The highest BCUT2D eigenvalue weighted by atomic mass is 35.5. The molecule has 39 heavy (non-hydrogen) atoms. The van der Waals surface area contributed by atoms with E-state index in [0.29, 0.717) is 33.3 Å². The van der Waals surface area contributed by atoms with E-state index in [9.17, 15) is 4.79 Å². The number of anilines is 1. The van der Waals surface area contributed by atoms with Crippen LogP contribution in [0, 0.1) is 6.92 Å². The quantitative estimate of drug-likeness (QED) is 0.173. The standard InChI is InChI=1S/C28H25Cl2N5O2S2/c1-4-35-26(17(3)37-23-12-8-19(29)14-21(23)30)33-34-28(35)38-15-25(36)31-20-9-6-18(7-10-20)27-32-22-11-5-16(2)13-24(22)39-27/h5-14,17H,4,15H2,1-3H3,(H,31,36). The van der Waals surface area contributed by atoms with Crippen LogP contribution in [0.4, 0.5) is 5.69 Å². The van der Waals surface area contributed by atoms with E-state index in [1.807, 2.05) is 48.7 Å². The number of rotatable bonds is 9. The lowest BCUT2D eigenvalue weighted by atomic mass is 10.2. The van der Waals surface area contributed by atoms with Crippen LogP contribution in [0.3, 0.4) is 0 Å². The molecule has 1 N–H and O–H groups in total. The zero-order valence-corrected chi connectivity index (χ0v) is 24.6. The Bertz CT molecular complexity index is 1640. The lowest BCUT2D eigenvalue weighted by Gasteiger charge is -2.16. The number of thiazole rings is 1. The van der Waals surface area contributed by atoms with Gasteiger partial charge in [0.15, 0.2) is 17.1 Å². The van der Waals surface area contributed by atoms with Crippen LogP contribution >= 0.6 is 46.3 Å². The third-order valence-electron chi connectivity index (χ3n) is 5.91. The number of fused-ring (bicyclic) bond motifs is 1. The summed E-state index contributed by atoms with van der Waals surface area (Å²) in [5.74, 6) is 1.21. The van der Waals surface area contributed by atoms with Crippen molar-refractivity contribution >= 4 is 68.1 Å². The van der Waals surface area contributed by atoms with Crippen molar-refractivity contribution in [1.82, 2.24) is 19.7 Å². The minimum absolute atomic E-state index is 0.132. The predicted molar refractivity (Wildman–Crippen MR) is 160 cm³/mol. The van der Waals surface area contributed by atoms with Crippen molar-refractivity contribution in [1.29, 1.82) is 0 Å². The lowest BCUT2D eigenvalue weighted by Crippen LogP contribution is -2.15. The molecule has 7 nitrogen and oxygen atoms in total. The van der Waals surface area contributed by atoms with Gasteiger partial charge >= 0.3 is 0 Å². The average Bonchev–Trinajstić information content (AvgIpc) is 3.53. The van der Waals surface area contributed by atoms with Crippen LogP contribution in [0.1, 0.15) is 31.3 Å². The summed E-state index contributed by atoms with van der Waals surface area (Å²) in [5, 5.41) is 14.1. The second-order valence-corrected chi connectivity index (χ2v) is 11.6. The van der Waals surface area contributed by atoms with E-state index in [4.69, 9.17) is 32.9 Å². The molecule has 11 heteroatoms. The van der Waals surface area contributed by atoms with E-state index in [2.05, 4.69) is 34.6 Å². The van der Waals surface area contributed by atoms with E-state index >= 15 is 0 Å². The van der Waals surface area contributed by atoms with Crippen molar-refractivity contribution in [3.63, 3.8) is 0 Å². The van der Waals surface area contributed by atoms with Gasteiger partial charge in [-0.25, -0.2) is 4.98 Å². The molecule has 0 saturated heterocycles. The van der Waals surface area contributed by atoms with Crippen molar-refractivity contribution in [3.05, 3.63) is 82.1 Å². The highest BCUT2D eigenvalue weighted by Gasteiger charge is 2.20. The largest absolute Gasteiger partial charge is 0.481 e. The van der Waals surface area contributed by atoms with Gasteiger partial charge in [-0.15, -0.1) is 21.5 Å². The van der Waals surface area contributed by atoms with Crippen LogP contribution in [0.15, 0.2) is 65.8 Å². The van der Waals surface area contributed by atoms with Gasteiger partial charge in [-0.2, -0.15) is 0 Å². The summed E-state index contributed by atoms with van der Waals surface area (Å²) < 4.78 is 9.10. The third kappa shape index (κ3) is 6.38. The van der Waals surface area contributed by atoms with E-state index in [1.54, 1.807) is 29.5 Å². The number of nitrogens with zero attached hydrogens (tertiary/aromatic N) is 4. The van der Waals surface area contributed by atoms with E-state index in [-0.39, 0.29) is 11.7 Å². The van der Waals surface area contributed by atoms with Gasteiger partial charge in [0.25, 0.3) is 0 Å². The van der Waals surface area contributed by atoms with Crippen LogP contribution < -0.4 is 10.1 Å². The molecule has 0 aliphatic carbocycles. The molecule has 0 bridgehead atoms. The minimum atomic E-state index is -0.405. The SMILES string of the molecule is CCn1c(SCC(=O)Nc2ccc(-c3nc4ccc(C)cc4s3)cc2)nnc1C(C)Oc1ccc(Cl)cc1Cl. The Morgan fingerprint density at radius 2 is 1.90 bits per heavy atom. The van der Waals surface area contributed by atoms with Gasteiger partial charge in [-0.05, 0) is 80.9 Å². The first kappa shape index (κ1) is 27.5. The number of hydrogen-bond donors (Lipinski definition) is 1. The van der Waals surface area contributed by atoms with Gasteiger partial charge in [0.05, 0.1) is 21.0 Å². The van der Waals surface area contributed by atoms with Gasteiger partial charge in [0, 0.05) is 22.8 Å². The van der Waals surface area contributed by atoms with Crippen molar-refractivity contribution in [2.75, 3.05) is 11.1 Å². The molecule has 3 aromatic carbocycles. The van der Waals surface area contributed by atoms with Crippen LogP contribution in [0.25, 0.3) is 20.8 Å². The zero-order chi connectivity index (χ0) is 27.5. The number of carbonyl (C=O) groups excluding carboxylic acids is 1. The molecule has 2 heterocycles. The summed E-state index contributed by atoms with van der Waals surface area (Å²) in [7, 11) is 0. The molecule has 0 aliphatic rings. The topological polar surface area (TPSA) is 81.9 Å². The smallest absolute Gasteiger partial charge is 0.234 e. The van der Waals surface area contributed by atoms with Gasteiger partial charge in [0.1, 0.15) is 10.8 Å². The van der Waals surface area contributed by atoms with E-state index in [0.717, 1.165) is 26.5 Å². The highest BCUT2D eigenvalue weighted by Crippen LogP contribution is 2.33. The first-order valence-corrected chi connectivity index (χ1v) is 14.8. The average molecular weight is 599 g/mol. The summed E-state index contributed by atoms with van der Waals surface area (Å²) in [4.78, 5) is 17.4. The van der Waals surface area contributed by atoms with E-state index in [1.165, 1.54) is 17.3 Å². The zero-order valence-electron chi connectivity index (χ0n) is 21.4. The fourth-order valence-corrected chi connectivity index (χ4v) is 6.33.